The first-order valence-corrected chi connectivity index (χ1v) is 6.98. The first kappa shape index (κ1) is 15.2. The molecule has 7 heteroatoms. The lowest BCUT2D eigenvalue weighted by Crippen LogP contribution is -2.38. The van der Waals surface area contributed by atoms with Crippen molar-refractivity contribution in [2.75, 3.05) is 25.5 Å². The highest BCUT2D eigenvalue weighted by molar-refractivity contribution is 5.76. The van der Waals surface area contributed by atoms with Gasteiger partial charge in [0.2, 0.25) is 5.91 Å². The minimum Gasteiger partial charge on any atom is -0.383 e. The zero-order valence-electron chi connectivity index (χ0n) is 12.0. The fourth-order valence-electron chi connectivity index (χ4n) is 2.67. The van der Waals surface area contributed by atoms with Gasteiger partial charge in [-0.2, -0.15) is 0 Å². The summed E-state index contributed by atoms with van der Waals surface area (Å²) in [6.07, 6.45) is 1.51. The first-order chi connectivity index (χ1) is 10.0. The third-order valence-electron chi connectivity index (χ3n) is 3.92. The highest BCUT2D eigenvalue weighted by Gasteiger charge is 2.23. The second kappa shape index (κ2) is 6.53. The minimum atomic E-state index is -0.380. The number of rotatable bonds is 5. The molecule has 0 unspecified atom stereocenters. The molecule has 21 heavy (non-hydrogen) atoms. The van der Waals surface area contributed by atoms with Crippen molar-refractivity contribution in [3.05, 3.63) is 33.9 Å². The Bertz CT molecular complexity index is 539. The maximum absolute atomic E-state index is 11.1. The number of nitrogens with zero attached hydrogens (tertiary/aromatic N) is 2. The van der Waals surface area contributed by atoms with Crippen molar-refractivity contribution in [3.8, 4) is 0 Å². The predicted octanol–water partition coefficient (Wildman–Crippen LogP) is 1.33. The summed E-state index contributed by atoms with van der Waals surface area (Å²) in [5.74, 6) is -0.272. The van der Waals surface area contributed by atoms with Gasteiger partial charge in [0, 0.05) is 25.6 Å². The molecule has 1 aliphatic rings. The number of nitro groups is 1. The van der Waals surface area contributed by atoms with E-state index in [9.17, 15) is 14.9 Å². The fourth-order valence-corrected chi connectivity index (χ4v) is 2.67. The molecular formula is C14H20N4O3. The Kier molecular flexibility index (Phi) is 4.74. The molecule has 1 heterocycles. The Hall–Kier alpha value is -2.15. The lowest BCUT2D eigenvalue weighted by molar-refractivity contribution is -0.384. The molecule has 114 valence electrons. The van der Waals surface area contributed by atoms with Gasteiger partial charge in [0.25, 0.3) is 5.69 Å². The number of hydrogen-bond donors (Lipinski definition) is 2. The van der Waals surface area contributed by atoms with Gasteiger partial charge < -0.3 is 11.1 Å². The van der Waals surface area contributed by atoms with E-state index in [4.69, 9.17) is 5.73 Å². The highest BCUT2D eigenvalue weighted by atomic mass is 16.6. The third-order valence-corrected chi connectivity index (χ3v) is 3.92. The molecule has 1 aromatic carbocycles. The fraction of sp³-hybridized carbons (Fsp3) is 0.500. The van der Waals surface area contributed by atoms with Crippen LogP contribution in [0, 0.1) is 16.0 Å². The Morgan fingerprint density at radius 1 is 1.48 bits per heavy atom. The Morgan fingerprint density at radius 3 is 2.67 bits per heavy atom. The van der Waals surface area contributed by atoms with E-state index in [1.54, 1.807) is 19.2 Å². The van der Waals surface area contributed by atoms with Gasteiger partial charge in [-0.1, -0.05) is 6.07 Å². The van der Waals surface area contributed by atoms with E-state index in [0.29, 0.717) is 12.2 Å². The van der Waals surface area contributed by atoms with Crippen molar-refractivity contribution in [1.82, 2.24) is 4.90 Å². The van der Waals surface area contributed by atoms with Crippen LogP contribution in [0.25, 0.3) is 0 Å². The van der Waals surface area contributed by atoms with Crippen LogP contribution in [0.5, 0.6) is 0 Å². The topological polar surface area (TPSA) is 102 Å². The Morgan fingerprint density at radius 2 is 2.14 bits per heavy atom. The molecule has 0 aromatic heterocycles. The standard InChI is InChI=1S/C14H20N4O3/c1-16-12-3-2-10(8-13(12)18(20)21)9-17-6-4-11(5-7-17)14(15)19/h2-3,8,11,16H,4-7,9H2,1H3,(H2,15,19). The minimum absolute atomic E-state index is 0.0396. The van der Waals surface area contributed by atoms with E-state index < -0.39 is 0 Å². The summed E-state index contributed by atoms with van der Waals surface area (Å²) < 4.78 is 0. The molecule has 0 spiro atoms. The van der Waals surface area contributed by atoms with Crippen molar-refractivity contribution in [2.24, 2.45) is 11.7 Å². The maximum atomic E-state index is 11.1. The number of primary amides is 1. The smallest absolute Gasteiger partial charge is 0.292 e. The van der Waals surface area contributed by atoms with Crippen LogP contribution < -0.4 is 11.1 Å². The van der Waals surface area contributed by atoms with E-state index in [2.05, 4.69) is 10.2 Å². The molecule has 1 fully saturated rings. The lowest BCUT2D eigenvalue weighted by atomic mass is 9.96. The zero-order valence-corrected chi connectivity index (χ0v) is 12.0. The number of nitrogens with two attached hydrogens (primary N) is 1. The summed E-state index contributed by atoms with van der Waals surface area (Å²) in [4.78, 5) is 24.0. The molecule has 0 radical (unpaired) electrons. The van der Waals surface area contributed by atoms with Gasteiger partial charge >= 0.3 is 0 Å². The summed E-state index contributed by atoms with van der Waals surface area (Å²) in [6, 6.07) is 5.22. The van der Waals surface area contributed by atoms with Crippen LogP contribution in [0.2, 0.25) is 0 Å². The van der Waals surface area contributed by atoms with Gasteiger partial charge in [-0.25, -0.2) is 0 Å². The summed E-state index contributed by atoms with van der Waals surface area (Å²) >= 11 is 0. The summed E-state index contributed by atoms with van der Waals surface area (Å²) in [5, 5.41) is 13.9. The van der Waals surface area contributed by atoms with Gasteiger partial charge in [0.1, 0.15) is 5.69 Å². The number of amides is 1. The van der Waals surface area contributed by atoms with E-state index in [-0.39, 0.29) is 22.4 Å². The zero-order chi connectivity index (χ0) is 15.4. The number of benzene rings is 1. The normalized spacial score (nSPS) is 16.6. The van der Waals surface area contributed by atoms with Crippen LogP contribution in [-0.4, -0.2) is 35.9 Å². The number of nitro benzene ring substituents is 1. The lowest BCUT2D eigenvalue weighted by Gasteiger charge is -2.30. The summed E-state index contributed by atoms with van der Waals surface area (Å²) in [5.41, 5.74) is 6.81. The molecule has 2 rings (SSSR count). The van der Waals surface area contributed by atoms with Crippen LogP contribution in [0.1, 0.15) is 18.4 Å². The number of nitrogens with one attached hydrogen (secondary N) is 1. The van der Waals surface area contributed by atoms with E-state index in [1.807, 2.05) is 6.07 Å². The van der Waals surface area contributed by atoms with Gasteiger partial charge in [0.15, 0.2) is 0 Å². The number of piperidine rings is 1. The van der Waals surface area contributed by atoms with Crippen molar-refractivity contribution in [1.29, 1.82) is 0 Å². The molecule has 1 saturated heterocycles. The van der Waals surface area contributed by atoms with Crippen LogP contribution in [0.15, 0.2) is 18.2 Å². The first-order valence-electron chi connectivity index (χ1n) is 6.98. The highest BCUT2D eigenvalue weighted by Crippen LogP contribution is 2.26. The molecule has 0 aliphatic carbocycles. The average Bonchev–Trinajstić information content (AvgIpc) is 2.47. The number of hydrogen-bond acceptors (Lipinski definition) is 5. The van der Waals surface area contributed by atoms with Crippen LogP contribution in [0.4, 0.5) is 11.4 Å². The summed E-state index contributed by atoms with van der Waals surface area (Å²) in [6.45, 7) is 2.22. The largest absolute Gasteiger partial charge is 0.383 e. The maximum Gasteiger partial charge on any atom is 0.292 e. The monoisotopic (exact) mass is 292 g/mol. The Balaban J connectivity index is 2.02. The van der Waals surface area contributed by atoms with Crippen molar-refractivity contribution in [2.45, 2.75) is 19.4 Å². The van der Waals surface area contributed by atoms with E-state index >= 15 is 0 Å². The molecular weight excluding hydrogens is 272 g/mol. The molecule has 0 saturated carbocycles. The molecule has 1 aromatic rings. The van der Waals surface area contributed by atoms with E-state index in [0.717, 1.165) is 31.5 Å². The molecule has 3 N–H and O–H groups in total. The van der Waals surface area contributed by atoms with Crippen LogP contribution in [0.3, 0.4) is 0 Å². The quantitative estimate of drug-likeness (QED) is 0.630. The number of carbonyl (C=O) groups excluding carboxylic acids is 1. The second-order valence-electron chi connectivity index (χ2n) is 5.31. The molecule has 1 amide bonds. The number of likely N-dealkylation sites (tertiary alicyclic amines) is 1. The van der Waals surface area contributed by atoms with E-state index in [1.165, 1.54) is 0 Å². The van der Waals surface area contributed by atoms with Crippen LogP contribution >= 0.6 is 0 Å². The third kappa shape index (κ3) is 3.69. The van der Waals surface area contributed by atoms with Gasteiger partial charge in [-0.3, -0.25) is 19.8 Å². The van der Waals surface area contributed by atoms with Gasteiger partial charge in [0.05, 0.1) is 4.92 Å². The second-order valence-corrected chi connectivity index (χ2v) is 5.31. The SMILES string of the molecule is CNc1ccc(CN2CCC(C(N)=O)CC2)cc1[N+](=O)[O-]. The van der Waals surface area contributed by atoms with Crippen LogP contribution in [-0.2, 0) is 11.3 Å². The van der Waals surface area contributed by atoms with Crippen molar-refractivity contribution >= 4 is 17.3 Å². The molecule has 7 nitrogen and oxygen atoms in total. The van der Waals surface area contributed by atoms with Crippen molar-refractivity contribution in [3.63, 3.8) is 0 Å². The van der Waals surface area contributed by atoms with Crippen molar-refractivity contribution < 1.29 is 9.72 Å². The van der Waals surface area contributed by atoms with Gasteiger partial charge in [-0.15, -0.1) is 0 Å². The van der Waals surface area contributed by atoms with Gasteiger partial charge in [-0.05, 0) is 37.6 Å². The average molecular weight is 292 g/mol. The molecule has 0 bridgehead atoms. The predicted molar refractivity (Wildman–Crippen MR) is 79.8 cm³/mol. The molecule has 0 atom stereocenters. The molecule has 1 aliphatic heterocycles. The number of anilines is 1. The summed E-state index contributed by atoms with van der Waals surface area (Å²) in [7, 11) is 1.66. The Labute approximate surface area is 123 Å². The number of carbonyl (C=O) groups is 1.